The molecule has 2 atom stereocenters. The Bertz CT molecular complexity index is 327. The van der Waals surface area contributed by atoms with Crippen LogP contribution in [0.25, 0.3) is 0 Å². The summed E-state index contributed by atoms with van der Waals surface area (Å²) >= 11 is 11.9. The average molecular weight is 217 g/mol. The zero-order valence-corrected chi connectivity index (χ0v) is 8.65. The van der Waals surface area contributed by atoms with Crippen molar-refractivity contribution in [1.29, 1.82) is 0 Å². The van der Waals surface area contributed by atoms with Crippen LogP contribution in [0, 0.1) is 6.92 Å². The molecule has 2 rings (SSSR count). The number of hydrogen-bond donors (Lipinski definition) is 2. The third-order valence-corrected chi connectivity index (χ3v) is 2.65. The van der Waals surface area contributed by atoms with Crippen LogP contribution in [0.3, 0.4) is 0 Å². The van der Waals surface area contributed by atoms with Crippen molar-refractivity contribution in [3.05, 3.63) is 29.3 Å². The summed E-state index contributed by atoms with van der Waals surface area (Å²) in [5, 5.41) is 6.08. The molecule has 0 radical (unpaired) electrons. The lowest BCUT2D eigenvalue weighted by molar-refractivity contribution is 0.642. The maximum absolute atomic E-state index is 6.06. The van der Waals surface area contributed by atoms with Gasteiger partial charge in [-0.2, -0.15) is 0 Å². The minimum atomic E-state index is -0.295. The average Bonchev–Trinajstić information content (AvgIpc) is 2.02. The minimum Gasteiger partial charge on any atom is -0.357 e. The molecule has 1 aliphatic heterocycles. The fraction of sp³-hybridized carbons (Fsp3) is 0.333. The summed E-state index contributed by atoms with van der Waals surface area (Å²) in [5.41, 5.74) is 2.75. The Balaban J connectivity index is 2.43. The number of halogens is 2. The van der Waals surface area contributed by atoms with E-state index in [1.165, 1.54) is 5.56 Å². The molecule has 0 aliphatic carbocycles. The van der Waals surface area contributed by atoms with Crippen LogP contribution >= 0.6 is 23.2 Å². The van der Waals surface area contributed by atoms with Crippen molar-refractivity contribution in [3.63, 3.8) is 0 Å². The summed E-state index contributed by atoms with van der Waals surface area (Å²) in [6.07, 6.45) is 0. The van der Waals surface area contributed by atoms with E-state index < -0.39 is 0 Å². The van der Waals surface area contributed by atoms with E-state index in [2.05, 4.69) is 10.6 Å². The van der Waals surface area contributed by atoms with Crippen LogP contribution in [0.1, 0.15) is 16.6 Å². The lowest BCUT2D eigenvalue weighted by Gasteiger charge is -2.28. The van der Waals surface area contributed by atoms with Crippen LogP contribution in [0.2, 0.25) is 0 Å². The third kappa shape index (κ3) is 1.75. The second kappa shape index (κ2) is 3.37. The van der Waals surface area contributed by atoms with E-state index in [-0.39, 0.29) is 11.1 Å². The highest BCUT2D eigenvalue weighted by atomic mass is 35.5. The maximum Gasteiger partial charge on any atom is 0.156 e. The first kappa shape index (κ1) is 9.13. The van der Waals surface area contributed by atoms with E-state index >= 15 is 0 Å². The molecule has 0 amide bonds. The summed E-state index contributed by atoms with van der Waals surface area (Å²) in [5.74, 6) is 0. The fourth-order valence-corrected chi connectivity index (χ4v) is 2.04. The fourth-order valence-electron chi connectivity index (χ4n) is 1.41. The van der Waals surface area contributed by atoms with E-state index in [9.17, 15) is 0 Å². The molecule has 4 heteroatoms. The van der Waals surface area contributed by atoms with Crippen LogP contribution in [0.15, 0.2) is 18.2 Å². The van der Waals surface area contributed by atoms with Gasteiger partial charge in [-0.1, -0.05) is 23.7 Å². The van der Waals surface area contributed by atoms with E-state index in [0.29, 0.717) is 0 Å². The molecule has 0 aromatic heterocycles. The van der Waals surface area contributed by atoms with Crippen LogP contribution in [0.5, 0.6) is 0 Å². The second-order valence-electron chi connectivity index (χ2n) is 3.13. The van der Waals surface area contributed by atoms with Crippen LogP contribution in [0.4, 0.5) is 5.69 Å². The summed E-state index contributed by atoms with van der Waals surface area (Å²) < 4.78 is 0. The smallest absolute Gasteiger partial charge is 0.156 e. The molecule has 0 spiro atoms. The molecule has 0 fully saturated rings. The van der Waals surface area contributed by atoms with Crippen molar-refractivity contribution in [1.82, 2.24) is 5.32 Å². The first-order chi connectivity index (χ1) is 6.16. The summed E-state index contributed by atoms with van der Waals surface area (Å²) in [4.78, 5) is 0. The predicted octanol–water partition coefficient (Wildman–Crippen LogP) is 2.77. The molecular weight excluding hydrogens is 207 g/mol. The quantitative estimate of drug-likeness (QED) is 0.515. The van der Waals surface area contributed by atoms with Gasteiger partial charge < -0.3 is 5.32 Å². The molecule has 0 bridgehead atoms. The number of anilines is 1. The molecule has 0 saturated heterocycles. The van der Waals surface area contributed by atoms with Gasteiger partial charge in [0.15, 0.2) is 5.62 Å². The standard InChI is InChI=1S/C9H10Cl2N2/c1-5-2-3-6-7(4-5)12-9(11)13-8(6)10/h2-4,8-9,12-13H,1H3. The Labute approximate surface area is 87.2 Å². The Morgan fingerprint density at radius 3 is 2.85 bits per heavy atom. The minimum absolute atomic E-state index is 0.209. The number of fused-ring (bicyclic) bond motifs is 1. The highest BCUT2D eigenvalue weighted by molar-refractivity contribution is 6.24. The van der Waals surface area contributed by atoms with E-state index in [1.54, 1.807) is 0 Å². The SMILES string of the molecule is Cc1ccc2c(c1)NC(Cl)NC2Cl. The molecule has 2 nitrogen and oxygen atoms in total. The van der Waals surface area contributed by atoms with Crippen molar-refractivity contribution in [3.8, 4) is 0 Å². The second-order valence-corrected chi connectivity index (χ2v) is 4.00. The summed E-state index contributed by atoms with van der Waals surface area (Å²) in [6, 6.07) is 6.08. The van der Waals surface area contributed by atoms with Gasteiger partial charge in [0, 0.05) is 11.3 Å². The highest BCUT2D eigenvalue weighted by Crippen LogP contribution is 2.31. The Morgan fingerprint density at radius 2 is 2.08 bits per heavy atom. The predicted molar refractivity (Wildman–Crippen MR) is 56.2 cm³/mol. The summed E-state index contributed by atoms with van der Waals surface area (Å²) in [7, 11) is 0. The normalized spacial score (nSPS) is 26.4. The van der Waals surface area contributed by atoms with Crippen molar-refractivity contribution in [2.24, 2.45) is 0 Å². The largest absolute Gasteiger partial charge is 0.357 e. The van der Waals surface area contributed by atoms with Gasteiger partial charge in [-0.3, -0.25) is 5.32 Å². The molecular formula is C9H10Cl2N2. The number of alkyl halides is 2. The van der Waals surface area contributed by atoms with Crippen molar-refractivity contribution >= 4 is 28.9 Å². The van der Waals surface area contributed by atoms with Crippen molar-refractivity contribution in [2.45, 2.75) is 18.0 Å². The van der Waals surface area contributed by atoms with Crippen LogP contribution in [-0.4, -0.2) is 5.62 Å². The van der Waals surface area contributed by atoms with E-state index in [0.717, 1.165) is 11.3 Å². The zero-order chi connectivity index (χ0) is 9.42. The Morgan fingerprint density at radius 1 is 1.31 bits per heavy atom. The lowest BCUT2D eigenvalue weighted by Crippen LogP contribution is -2.37. The van der Waals surface area contributed by atoms with Gasteiger partial charge in [-0.15, -0.1) is 11.6 Å². The molecule has 2 unspecified atom stereocenters. The Kier molecular flexibility index (Phi) is 2.37. The highest BCUT2D eigenvalue weighted by Gasteiger charge is 2.21. The van der Waals surface area contributed by atoms with Gasteiger partial charge in [0.25, 0.3) is 0 Å². The monoisotopic (exact) mass is 216 g/mol. The van der Waals surface area contributed by atoms with Gasteiger partial charge in [0.05, 0.1) is 0 Å². The first-order valence-electron chi connectivity index (χ1n) is 4.08. The van der Waals surface area contributed by atoms with Gasteiger partial charge in [0.2, 0.25) is 0 Å². The van der Waals surface area contributed by atoms with Gasteiger partial charge in [0.1, 0.15) is 5.50 Å². The van der Waals surface area contributed by atoms with E-state index in [4.69, 9.17) is 23.2 Å². The molecule has 70 valence electrons. The van der Waals surface area contributed by atoms with Gasteiger partial charge in [-0.25, -0.2) is 0 Å². The molecule has 1 aromatic carbocycles. The molecule has 1 aromatic rings. The maximum atomic E-state index is 6.06. The van der Waals surface area contributed by atoms with Crippen molar-refractivity contribution < 1.29 is 0 Å². The third-order valence-electron chi connectivity index (χ3n) is 2.06. The lowest BCUT2D eigenvalue weighted by atomic mass is 10.1. The number of hydrogen-bond acceptors (Lipinski definition) is 2. The number of nitrogens with one attached hydrogen (secondary N) is 2. The van der Waals surface area contributed by atoms with Crippen LogP contribution < -0.4 is 10.6 Å². The molecule has 13 heavy (non-hydrogen) atoms. The zero-order valence-electron chi connectivity index (χ0n) is 7.14. The molecule has 1 heterocycles. The molecule has 0 saturated carbocycles. The number of aryl methyl sites for hydroxylation is 1. The van der Waals surface area contributed by atoms with Crippen LogP contribution in [-0.2, 0) is 0 Å². The molecule has 1 aliphatic rings. The van der Waals surface area contributed by atoms with Gasteiger partial charge >= 0.3 is 0 Å². The summed E-state index contributed by atoms with van der Waals surface area (Å²) in [6.45, 7) is 2.04. The van der Waals surface area contributed by atoms with E-state index in [1.807, 2.05) is 25.1 Å². The topological polar surface area (TPSA) is 24.1 Å². The van der Waals surface area contributed by atoms with Crippen molar-refractivity contribution in [2.75, 3.05) is 5.32 Å². The number of benzene rings is 1. The van der Waals surface area contributed by atoms with Gasteiger partial charge in [-0.05, 0) is 18.6 Å². The first-order valence-corrected chi connectivity index (χ1v) is 4.95. The number of rotatable bonds is 0. The Hall–Kier alpha value is -0.440. The molecule has 2 N–H and O–H groups in total.